The monoisotopic (exact) mass is 313 g/mol. The number of nitrogens with zero attached hydrogens (tertiary/aromatic N) is 2. The number of rotatable bonds is 3. The Hall–Kier alpha value is -1.29. The smallest absolute Gasteiger partial charge is 0.0935 e. The zero-order chi connectivity index (χ0) is 13.8. The number of benzene rings is 1. The van der Waals surface area contributed by atoms with Gasteiger partial charge in [0, 0.05) is 23.0 Å². The van der Waals surface area contributed by atoms with Gasteiger partial charge in [-0.05, 0) is 31.2 Å². The van der Waals surface area contributed by atoms with Gasteiger partial charge in [-0.25, -0.2) is 0 Å². The lowest BCUT2D eigenvalue weighted by atomic mass is 10.2. The van der Waals surface area contributed by atoms with E-state index in [2.05, 4.69) is 15.5 Å². The largest absolute Gasteiger partial charge is 0.275 e. The van der Waals surface area contributed by atoms with Crippen LogP contribution in [0.4, 0.5) is 5.69 Å². The van der Waals surface area contributed by atoms with Gasteiger partial charge in [0.05, 0.1) is 21.4 Å². The molecular weight excluding hydrogens is 305 g/mol. The van der Waals surface area contributed by atoms with Crippen LogP contribution in [0.1, 0.15) is 12.5 Å². The first-order chi connectivity index (χ1) is 9.08. The molecule has 0 saturated heterocycles. The highest BCUT2D eigenvalue weighted by atomic mass is 35.5. The summed E-state index contributed by atoms with van der Waals surface area (Å²) in [5.74, 6) is 0. The minimum absolute atomic E-state index is 0.420. The van der Waals surface area contributed by atoms with Gasteiger partial charge in [0.1, 0.15) is 0 Å². The molecule has 19 heavy (non-hydrogen) atoms. The summed E-state index contributed by atoms with van der Waals surface area (Å²) in [6, 6.07) is 6.94. The van der Waals surface area contributed by atoms with Gasteiger partial charge in [-0.1, -0.05) is 34.8 Å². The van der Waals surface area contributed by atoms with Crippen LogP contribution in [-0.2, 0) is 0 Å². The van der Waals surface area contributed by atoms with Gasteiger partial charge < -0.3 is 0 Å². The van der Waals surface area contributed by atoms with Crippen LogP contribution in [-0.4, -0.2) is 10.7 Å². The molecule has 6 heteroatoms. The summed E-state index contributed by atoms with van der Waals surface area (Å²) >= 11 is 17.9. The molecule has 0 fully saturated rings. The van der Waals surface area contributed by atoms with Crippen molar-refractivity contribution in [1.82, 2.24) is 4.98 Å². The lowest BCUT2D eigenvalue weighted by Gasteiger charge is -2.08. The molecule has 98 valence electrons. The van der Waals surface area contributed by atoms with E-state index in [1.165, 1.54) is 0 Å². The Bertz CT molecular complexity index is 589. The van der Waals surface area contributed by atoms with Crippen LogP contribution >= 0.6 is 34.8 Å². The molecule has 0 aliphatic carbocycles. The number of pyridine rings is 1. The van der Waals surface area contributed by atoms with E-state index in [1.807, 2.05) is 19.1 Å². The maximum atomic E-state index is 6.05. The lowest BCUT2D eigenvalue weighted by Crippen LogP contribution is -2.00. The third kappa shape index (κ3) is 3.60. The molecule has 2 rings (SSSR count). The van der Waals surface area contributed by atoms with Crippen LogP contribution in [0.5, 0.6) is 0 Å². The summed E-state index contributed by atoms with van der Waals surface area (Å²) in [5, 5.41) is 5.57. The fourth-order valence-electron chi connectivity index (χ4n) is 1.45. The predicted octanol–water partition coefficient (Wildman–Crippen LogP) is 4.88. The van der Waals surface area contributed by atoms with E-state index < -0.39 is 0 Å². The summed E-state index contributed by atoms with van der Waals surface area (Å²) in [6.07, 6.45) is 3.41. The highest BCUT2D eigenvalue weighted by molar-refractivity contribution is 6.41. The summed E-state index contributed by atoms with van der Waals surface area (Å²) in [4.78, 5) is 3.95. The van der Waals surface area contributed by atoms with E-state index in [0.29, 0.717) is 20.8 Å². The zero-order valence-corrected chi connectivity index (χ0v) is 12.3. The van der Waals surface area contributed by atoms with E-state index in [1.54, 1.807) is 24.5 Å². The zero-order valence-electron chi connectivity index (χ0n) is 9.99. The van der Waals surface area contributed by atoms with Crippen molar-refractivity contribution < 1.29 is 0 Å². The maximum absolute atomic E-state index is 6.05. The second-order valence-electron chi connectivity index (χ2n) is 3.79. The van der Waals surface area contributed by atoms with Crippen LogP contribution in [0.15, 0.2) is 41.8 Å². The number of nitrogens with one attached hydrogen (secondary N) is 1. The van der Waals surface area contributed by atoms with Gasteiger partial charge in [-0.2, -0.15) is 5.10 Å². The second kappa shape index (κ2) is 6.24. The second-order valence-corrected chi connectivity index (χ2v) is 5.04. The minimum atomic E-state index is 0.420. The SMILES string of the molecule is C/C(=N\Nc1c(Cl)cc(Cl)cc1Cl)c1ccncc1. The normalized spacial score (nSPS) is 11.5. The number of hydrogen-bond acceptors (Lipinski definition) is 3. The van der Waals surface area contributed by atoms with Gasteiger partial charge in [-0.15, -0.1) is 0 Å². The van der Waals surface area contributed by atoms with Crippen molar-refractivity contribution >= 4 is 46.2 Å². The Labute approximate surface area is 126 Å². The molecule has 0 saturated carbocycles. The molecule has 0 spiro atoms. The van der Waals surface area contributed by atoms with Gasteiger partial charge in [-0.3, -0.25) is 10.4 Å². The molecule has 1 aromatic heterocycles. The molecule has 1 aromatic carbocycles. The first kappa shape index (κ1) is 14.1. The minimum Gasteiger partial charge on any atom is -0.275 e. The van der Waals surface area contributed by atoms with Gasteiger partial charge in [0.25, 0.3) is 0 Å². The third-order valence-corrected chi connectivity index (χ3v) is 3.25. The van der Waals surface area contributed by atoms with Crippen molar-refractivity contribution in [3.63, 3.8) is 0 Å². The van der Waals surface area contributed by atoms with Gasteiger partial charge in [0.15, 0.2) is 0 Å². The van der Waals surface area contributed by atoms with E-state index in [0.717, 1.165) is 11.3 Å². The predicted molar refractivity (Wildman–Crippen MR) is 81.5 cm³/mol. The van der Waals surface area contributed by atoms with Crippen molar-refractivity contribution in [2.45, 2.75) is 6.92 Å². The van der Waals surface area contributed by atoms with Crippen LogP contribution in [0.2, 0.25) is 15.1 Å². The fourth-order valence-corrected chi connectivity index (χ4v) is 2.35. The average molecular weight is 315 g/mol. The Morgan fingerprint density at radius 3 is 2.26 bits per heavy atom. The molecule has 3 nitrogen and oxygen atoms in total. The van der Waals surface area contributed by atoms with Crippen molar-refractivity contribution in [1.29, 1.82) is 0 Å². The summed E-state index contributed by atoms with van der Waals surface area (Å²) in [6.45, 7) is 1.88. The number of hydrogen-bond donors (Lipinski definition) is 1. The third-order valence-electron chi connectivity index (χ3n) is 2.44. The summed E-state index contributed by atoms with van der Waals surface area (Å²) in [5.41, 5.74) is 5.14. The van der Waals surface area contributed by atoms with Crippen molar-refractivity contribution in [2.24, 2.45) is 5.10 Å². The molecule has 0 radical (unpaired) electrons. The highest BCUT2D eigenvalue weighted by Crippen LogP contribution is 2.33. The fraction of sp³-hybridized carbons (Fsp3) is 0.0769. The maximum Gasteiger partial charge on any atom is 0.0935 e. The van der Waals surface area contributed by atoms with E-state index in [9.17, 15) is 0 Å². The van der Waals surface area contributed by atoms with Crippen LogP contribution in [0, 0.1) is 0 Å². The summed E-state index contributed by atoms with van der Waals surface area (Å²) < 4.78 is 0. The van der Waals surface area contributed by atoms with Crippen molar-refractivity contribution in [3.05, 3.63) is 57.3 Å². The standard InChI is InChI=1S/C13H10Cl3N3/c1-8(9-2-4-17-5-3-9)18-19-13-11(15)6-10(14)7-12(13)16/h2-7,19H,1H3/b18-8+. The summed E-state index contributed by atoms with van der Waals surface area (Å²) in [7, 11) is 0. The molecule has 0 atom stereocenters. The lowest BCUT2D eigenvalue weighted by molar-refractivity contribution is 1.29. The van der Waals surface area contributed by atoms with Crippen molar-refractivity contribution in [2.75, 3.05) is 5.43 Å². The topological polar surface area (TPSA) is 37.3 Å². The Balaban J connectivity index is 2.23. The molecule has 0 aliphatic rings. The number of halogens is 3. The van der Waals surface area contributed by atoms with Crippen LogP contribution < -0.4 is 5.43 Å². The Morgan fingerprint density at radius 1 is 1.11 bits per heavy atom. The van der Waals surface area contributed by atoms with Gasteiger partial charge >= 0.3 is 0 Å². The van der Waals surface area contributed by atoms with Crippen LogP contribution in [0.25, 0.3) is 0 Å². The molecule has 0 amide bonds. The van der Waals surface area contributed by atoms with E-state index in [-0.39, 0.29) is 0 Å². The van der Waals surface area contributed by atoms with E-state index >= 15 is 0 Å². The number of hydrazone groups is 1. The molecule has 0 aliphatic heterocycles. The highest BCUT2D eigenvalue weighted by Gasteiger charge is 2.07. The number of anilines is 1. The molecule has 0 unspecified atom stereocenters. The van der Waals surface area contributed by atoms with Gasteiger partial charge in [0.2, 0.25) is 0 Å². The molecular formula is C13H10Cl3N3. The van der Waals surface area contributed by atoms with E-state index in [4.69, 9.17) is 34.8 Å². The quantitative estimate of drug-likeness (QED) is 0.647. The molecule has 1 heterocycles. The van der Waals surface area contributed by atoms with Crippen LogP contribution in [0.3, 0.4) is 0 Å². The molecule has 2 aromatic rings. The Kier molecular flexibility index (Phi) is 4.64. The first-order valence-corrected chi connectivity index (χ1v) is 6.56. The first-order valence-electron chi connectivity index (χ1n) is 5.43. The number of aromatic nitrogens is 1. The van der Waals surface area contributed by atoms with Crippen molar-refractivity contribution in [3.8, 4) is 0 Å². The Morgan fingerprint density at radius 2 is 1.68 bits per heavy atom. The molecule has 1 N–H and O–H groups in total. The average Bonchev–Trinajstić information content (AvgIpc) is 2.38. The molecule has 0 bridgehead atoms.